The molecule has 2 aromatic heterocycles. The van der Waals surface area contributed by atoms with E-state index in [0.717, 1.165) is 5.69 Å². The van der Waals surface area contributed by atoms with Crippen molar-refractivity contribution in [2.24, 2.45) is 0 Å². The molecule has 0 amide bonds. The third-order valence-corrected chi connectivity index (χ3v) is 2.15. The average molecular weight is 230 g/mol. The molecule has 0 bridgehead atoms. The molecule has 0 aliphatic heterocycles. The predicted octanol–water partition coefficient (Wildman–Crippen LogP) is 2.28. The Morgan fingerprint density at radius 2 is 2.24 bits per heavy atom. The minimum Gasteiger partial charge on any atom is -0.478 e. The van der Waals surface area contributed by atoms with E-state index in [9.17, 15) is 4.79 Å². The van der Waals surface area contributed by atoms with Crippen molar-refractivity contribution in [3.05, 3.63) is 48.0 Å². The Hall–Kier alpha value is -2.43. The van der Waals surface area contributed by atoms with E-state index in [2.05, 4.69) is 9.97 Å². The largest absolute Gasteiger partial charge is 0.478 e. The average Bonchev–Trinajstić information content (AvgIpc) is 2.32. The Kier molecular flexibility index (Phi) is 3.00. The number of aryl methyl sites for hydroxylation is 1. The molecule has 0 saturated carbocycles. The Balaban J connectivity index is 2.28. The summed E-state index contributed by atoms with van der Waals surface area (Å²) in [5, 5.41) is 8.82. The van der Waals surface area contributed by atoms with Gasteiger partial charge in [0, 0.05) is 12.4 Å². The molecule has 86 valence electrons. The molecular weight excluding hydrogens is 220 g/mol. The third-order valence-electron chi connectivity index (χ3n) is 2.15. The number of nitrogens with zero attached hydrogens (tertiary/aromatic N) is 2. The number of carbonyl (C=O) groups is 1. The van der Waals surface area contributed by atoms with Gasteiger partial charge in [-0.15, -0.1) is 0 Å². The van der Waals surface area contributed by atoms with Gasteiger partial charge in [-0.1, -0.05) is 0 Å². The Bertz CT molecular complexity index is 555. The Morgan fingerprint density at radius 3 is 2.94 bits per heavy atom. The van der Waals surface area contributed by atoms with Crippen LogP contribution in [0.15, 0.2) is 36.8 Å². The summed E-state index contributed by atoms with van der Waals surface area (Å²) in [6.07, 6.45) is 4.39. The summed E-state index contributed by atoms with van der Waals surface area (Å²) >= 11 is 0. The van der Waals surface area contributed by atoms with Gasteiger partial charge in [-0.2, -0.15) is 0 Å². The molecule has 2 aromatic rings. The van der Waals surface area contributed by atoms with Gasteiger partial charge in [0.2, 0.25) is 0 Å². The van der Waals surface area contributed by atoms with Crippen LogP contribution in [-0.2, 0) is 0 Å². The van der Waals surface area contributed by atoms with Crippen LogP contribution < -0.4 is 4.74 Å². The standard InChI is InChI=1S/C12H10N2O3/c1-8-11(3-2-4-14-8)17-10-5-9(12(15)16)6-13-7-10/h2-7H,1H3,(H,15,16). The van der Waals surface area contributed by atoms with E-state index < -0.39 is 5.97 Å². The summed E-state index contributed by atoms with van der Waals surface area (Å²) in [5.74, 6) is -0.0799. The first-order valence-electron chi connectivity index (χ1n) is 4.94. The zero-order valence-corrected chi connectivity index (χ0v) is 9.12. The molecule has 1 N–H and O–H groups in total. The van der Waals surface area contributed by atoms with Crippen LogP contribution in [0.2, 0.25) is 0 Å². The van der Waals surface area contributed by atoms with Gasteiger partial charge >= 0.3 is 5.97 Å². The third kappa shape index (κ3) is 2.57. The lowest BCUT2D eigenvalue weighted by Gasteiger charge is -2.07. The van der Waals surface area contributed by atoms with Crippen molar-refractivity contribution >= 4 is 5.97 Å². The maximum absolute atomic E-state index is 10.8. The molecule has 0 saturated heterocycles. The van der Waals surface area contributed by atoms with Crippen molar-refractivity contribution < 1.29 is 14.6 Å². The van der Waals surface area contributed by atoms with Crippen LogP contribution in [0.1, 0.15) is 16.1 Å². The van der Waals surface area contributed by atoms with E-state index in [1.54, 1.807) is 18.3 Å². The van der Waals surface area contributed by atoms with E-state index in [1.165, 1.54) is 18.5 Å². The summed E-state index contributed by atoms with van der Waals surface area (Å²) in [6.45, 7) is 1.81. The quantitative estimate of drug-likeness (QED) is 0.875. The highest BCUT2D eigenvalue weighted by Crippen LogP contribution is 2.23. The van der Waals surface area contributed by atoms with Gasteiger partial charge in [0.15, 0.2) is 0 Å². The maximum atomic E-state index is 10.8. The summed E-state index contributed by atoms with van der Waals surface area (Å²) < 4.78 is 5.51. The van der Waals surface area contributed by atoms with Crippen LogP contribution in [0.5, 0.6) is 11.5 Å². The van der Waals surface area contributed by atoms with Crippen molar-refractivity contribution in [3.63, 3.8) is 0 Å². The summed E-state index contributed by atoms with van der Waals surface area (Å²) in [5.41, 5.74) is 0.817. The van der Waals surface area contributed by atoms with Gasteiger partial charge in [-0.25, -0.2) is 4.79 Å². The number of pyridine rings is 2. The van der Waals surface area contributed by atoms with Crippen molar-refractivity contribution in [1.82, 2.24) is 9.97 Å². The molecule has 0 radical (unpaired) electrons. The van der Waals surface area contributed by atoms with Crippen molar-refractivity contribution in [2.75, 3.05) is 0 Å². The second-order valence-corrected chi connectivity index (χ2v) is 3.40. The molecule has 17 heavy (non-hydrogen) atoms. The van der Waals surface area contributed by atoms with E-state index in [1.807, 2.05) is 6.92 Å². The SMILES string of the molecule is Cc1ncccc1Oc1cncc(C(=O)O)c1. The molecule has 2 rings (SSSR count). The molecule has 5 heteroatoms. The Morgan fingerprint density at radius 1 is 1.41 bits per heavy atom. The van der Waals surface area contributed by atoms with Crippen molar-refractivity contribution in [1.29, 1.82) is 0 Å². The Labute approximate surface area is 97.7 Å². The van der Waals surface area contributed by atoms with Crippen LogP contribution >= 0.6 is 0 Å². The number of hydrogen-bond acceptors (Lipinski definition) is 4. The number of rotatable bonds is 3. The lowest BCUT2D eigenvalue weighted by molar-refractivity contribution is 0.0696. The summed E-state index contributed by atoms with van der Waals surface area (Å²) in [6, 6.07) is 4.92. The zero-order valence-electron chi connectivity index (χ0n) is 9.12. The van der Waals surface area contributed by atoms with E-state index in [4.69, 9.17) is 9.84 Å². The fourth-order valence-electron chi connectivity index (χ4n) is 1.30. The van der Waals surface area contributed by atoms with Gasteiger partial charge in [0.25, 0.3) is 0 Å². The second kappa shape index (κ2) is 4.61. The lowest BCUT2D eigenvalue weighted by atomic mass is 10.3. The molecular formula is C12H10N2O3. The first-order chi connectivity index (χ1) is 8.16. The molecule has 0 fully saturated rings. The topological polar surface area (TPSA) is 72.3 Å². The predicted molar refractivity (Wildman–Crippen MR) is 60.2 cm³/mol. The molecule has 2 heterocycles. The van der Waals surface area contributed by atoms with Gasteiger partial charge in [0.05, 0.1) is 17.5 Å². The minimum absolute atomic E-state index is 0.0871. The summed E-state index contributed by atoms with van der Waals surface area (Å²) in [7, 11) is 0. The van der Waals surface area contributed by atoms with Crippen molar-refractivity contribution in [2.45, 2.75) is 6.92 Å². The highest BCUT2D eigenvalue weighted by atomic mass is 16.5. The van der Waals surface area contributed by atoms with E-state index in [0.29, 0.717) is 11.5 Å². The number of aromatic nitrogens is 2. The van der Waals surface area contributed by atoms with E-state index >= 15 is 0 Å². The molecule has 0 aliphatic rings. The molecule has 0 aliphatic carbocycles. The van der Waals surface area contributed by atoms with Crippen LogP contribution in [0.25, 0.3) is 0 Å². The minimum atomic E-state index is -1.04. The molecule has 0 unspecified atom stereocenters. The van der Waals surface area contributed by atoms with Crippen LogP contribution in [0.4, 0.5) is 0 Å². The lowest BCUT2D eigenvalue weighted by Crippen LogP contribution is -1.98. The molecule has 0 spiro atoms. The van der Waals surface area contributed by atoms with Crippen LogP contribution in [0, 0.1) is 6.92 Å². The van der Waals surface area contributed by atoms with Gasteiger partial charge in [0.1, 0.15) is 11.5 Å². The second-order valence-electron chi connectivity index (χ2n) is 3.40. The fraction of sp³-hybridized carbons (Fsp3) is 0.0833. The van der Waals surface area contributed by atoms with Crippen LogP contribution in [-0.4, -0.2) is 21.0 Å². The number of aromatic carboxylic acids is 1. The molecule has 0 atom stereocenters. The molecule has 0 aromatic carbocycles. The van der Waals surface area contributed by atoms with Gasteiger partial charge in [-0.3, -0.25) is 9.97 Å². The number of carboxylic acids is 1. The van der Waals surface area contributed by atoms with Gasteiger partial charge in [-0.05, 0) is 25.1 Å². The smallest absolute Gasteiger partial charge is 0.337 e. The summed E-state index contributed by atoms with van der Waals surface area (Å²) in [4.78, 5) is 18.6. The van der Waals surface area contributed by atoms with Gasteiger partial charge < -0.3 is 9.84 Å². The van der Waals surface area contributed by atoms with E-state index in [-0.39, 0.29) is 5.56 Å². The fourth-order valence-corrected chi connectivity index (χ4v) is 1.30. The van der Waals surface area contributed by atoms with Crippen LogP contribution in [0.3, 0.4) is 0 Å². The highest BCUT2D eigenvalue weighted by Gasteiger charge is 2.06. The van der Waals surface area contributed by atoms with Crippen molar-refractivity contribution in [3.8, 4) is 11.5 Å². The first-order valence-corrected chi connectivity index (χ1v) is 4.94. The number of hydrogen-bond donors (Lipinski definition) is 1. The molecule has 5 nitrogen and oxygen atoms in total. The maximum Gasteiger partial charge on any atom is 0.337 e. The zero-order chi connectivity index (χ0) is 12.3. The normalized spacial score (nSPS) is 9.94. The monoisotopic (exact) mass is 230 g/mol. The highest BCUT2D eigenvalue weighted by molar-refractivity contribution is 5.87. The number of carboxylic acid groups (broad SMARTS) is 1. The number of ether oxygens (including phenoxy) is 1. The first kappa shape index (κ1) is 11.1.